The third-order valence-electron chi connectivity index (χ3n) is 4.87. The van der Waals surface area contributed by atoms with Crippen LogP contribution >= 0.6 is 0 Å². The van der Waals surface area contributed by atoms with Gasteiger partial charge in [-0.15, -0.1) is 0 Å². The third-order valence-corrected chi connectivity index (χ3v) is 4.87. The van der Waals surface area contributed by atoms with Crippen LogP contribution in [-0.2, 0) is 13.0 Å². The zero-order valence-corrected chi connectivity index (χ0v) is 16.1. The van der Waals surface area contributed by atoms with E-state index in [1.54, 1.807) is 24.3 Å². The Morgan fingerprint density at radius 3 is 2.68 bits per heavy atom. The number of aromatic nitrogens is 2. The van der Waals surface area contributed by atoms with Crippen LogP contribution in [0.2, 0.25) is 0 Å². The lowest BCUT2D eigenvalue weighted by molar-refractivity contribution is 0.0937. The monoisotopic (exact) mass is 379 g/mol. The summed E-state index contributed by atoms with van der Waals surface area (Å²) < 4.78 is 1.88. The lowest BCUT2D eigenvalue weighted by atomic mass is 10.1. The van der Waals surface area contributed by atoms with Crippen molar-refractivity contribution in [3.05, 3.63) is 47.0 Å². The number of carbonyl (C=O) groups excluding carboxylic acids is 2. The lowest BCUT2D eigenvalue weighted by Gasteiger charge is -2.17. The van der Waals surface area contributed by atoms with Gasteiger partial charge in [0.2, 0.25) is 0 Å². The summed E-state index contributed by atoms with van der Waals surface area (Å²) in [7, 11) is 0. The molecule has 2 aromatic rings. The highest BCUT2D eigenvalue weighted by Crippen LogP contribution is 2.22. The summed E-state index contributed by atoms with van der Waals surface area (Å²) in [6.45, 7) is 3.43. The molecule has 0 saturated carbocycles. The number of hydrogen-bond acceptors (Lipinski definition) is 4. The maximum atomic E-state index is 12.8. The van der Waals surface area contributed by atoms with Gasteiger partial charge in [0.15, 0.2) is 11.5 Å². The average Bonchev–Trinajstić information content (AvgIpc) is 3.11. The first-order valence-electron chi connectivity index (χ1n) is 9.83. The van der Waals surface area contributed by atoms with E-state index in [0.717, 1.165) is 44.2 Å². The van der Waals surface area contributed by atoms with E-state index in [9.17, 15) is 9.59 Å². The van der Waals surface area contributed by atoms with Crippen molar-refractivity contribution in [2.75, 3.05) is 11.9 Å². The predicted molar refractivity (Wildman–Crippen MR) is 106 cm³/mol. The number of anilines is 1. The van der Waals surface area contributed by atoms with Crippen LogP contribution in [0.25, 0.3) is 0 Å². The van der Waals surface area contributed by atoms with Crippen LogP contribution in [0.15, 0.2) is 24.3 Å². The molecule has 2 heterocycles. The molecule has 1 aliphatic heterocycles. The van der Waals surface area contributed by atoms with E-state index in [-0.39, 0.29) is 11.8 Å². The van der Waals surface area contributed by atoms with Crippen molar-refractivity contribution in [2.45, 2.75) is 52.0 Å². The highest BCUT2D eigenvalue weighted by Gasteiger charge is 2.27. The van der Waals surface area contributed by atoms with Gasteiger partial charge in [-0.2, -0.15) is 5.26 Å². The topological polar surface area (TPSA) is 99.8 Å². The third kappa shape index (κ3) is 4.39. The van der Waals surface area contributed by atoms with Gasteiger partial charge in [0.05, 0.1) is 17.3 Å². The molecule has 0 fully saturated rings. The lowest BCUT2D eigenvalue weighted by Crippen LogP contribution is -2.28. The Balaban J connectivity index is 1.78. The molecule has 0 atom stereocenters. The second kappa shape index (κ2) is 9.18. The molecule has 1 aliphatic rings. The summed E-state index contributed by atoms with van der Waals surface area (Å²) in [5, 5.41) is 14.6. The molecule has 7 nitrogen and oxygen atoms in total. The Hall–Kier alpha value is -3.14. The zero-order chi connectivity index (χ0) is 19.9. The van der Waals surface area contributed by atoms with E-state index >= 15 is 0 Å². The maximum Gasteiger partial charge on any atom is 0.287 e. The number of nitrogens with zero attached hydrogens (tertiary/aromatic N) is 3. The maximum absolute atomic E-state index is 12.8. The SMILES string of the molecule is CCCCCNC(=O)c1nc(C(=O)Nc2ccc(C#N)cc2)c2n1CCCC2. The van der Waals surface area contributed by atoms with Crippen molar-refractivity contribution >= 4 is 17.5 Å². The first kappa shape index (κ1) is 19.6. The summed E-state index contributed by atoms with van der Waals surface area (Å²) in [4.78, 5) is 29.8. The van der Waals surface area contributed by atoms with Crippen molar-refractivity contribution in [2.24, 2.45) is 0 Å². The summed E-state index contributed by atoms with van der Waals surface area (Å²) >= 11 is 0. The van der Waals surface area contributed by atoms with Crippen LogP contribution < -0.4 is 10.6 Å². The number of fused-ring (bicyclic) bond motifs is 1. The van der Waals surface area contributed by atoms with Crippen molar-refractivity contribution in [3.63, 3.8) is 0 Å². The Labute approximate surface area is 164 Å². The van der Waals surface area contributed by atoms with Gasteiger partial charge >= 0.3 is 0 Å². The van der Waals surface area contributed by atoms with Crippen LogP contribution in [0.3, 0.4) is 0 Å². The van der Waals surface area contributed by atoms with E-state index < -0.39 is 0 Å². The highest BCUT2D eigenvalue weighted by atomic mass is 16.2. The molecular weight excluding hydrogens is 354 g/mol. The Morgan fingerprint density at radius 2 is 1.96 bits per heavy atom. The molecule has 2 N–H and O–H groups in total. The summed E-state index contributed by atoms with van der Waals surface area (Å²) in [6, 6.07) is 8.70. The molecule has 146 valence electrons. The molecule has 0 bridgehead atoms. The minimum absolute atomic E-state index is 0.225. The number of hydrogen-bond donors (Lipinski definition) is 2. The Bertz CT molecular complexity index is 893. The fourth-order valence-corrected chi connectivity index (χ4v) is 3.37. The van der Waals surface area contributed by atoms with E-state index in [1.807, 2.05) is 10.6 Å². The van der Waals surface area contributed by atoms with Gasteiger partial charge in [-0.25, -0.2) is 4.98 Å². The van der Waals surface area contributed by atoms with Crippen LogP contribution in [0.5, 0.6) is 0 Å². The van der Waals surface area contributed by atoms with E-state index in [2.05, 4.69) is 22.5 Å². The molecule has 0 aliphatic carbocycles. The highest BCUT2D eigenvalue weighted by molar-refractivity contribution is 6.05. The normalized spacial score (nSPS) is 12.7. The quantitative estimate of drug-likeness (QED) is 0.721. The predicted octanol–water partition coefficient (Wildman–Crippen LogP) is 3.26. The van der Waals surface area contributed by atoms with Crippen LogP contribution in [0.4, 0.5) is 5.69 Å². The number of nitrogens with one attached hydrogen (secondary N) is 2. The molecule has 3 rings (SSSR count). The van der Waals surface area contributed by atoms with Crippen molar-refractivity contribution in [1.29, 1.82) is 5.26 Å². The Kier molecular flexibility index (Phi) is 6.43. The van der Waals surface area contributed by atoms with Gasteiger partial charge in [0.1, 0.15) is 0 Å². The first-order valence-corrected chi connectivity index (χ1v) is 9.83. The summed E-state index contributed by atoms with van der Waals surface area (Å²) in [5.41, 5.74) is 2.24. The number of unbranched alkanes of at least 4 members (excludes halogenated alkanes) is 2. The molecule has 0 radical (unpaired) electrons. The molecular formula is C21H25N5O2. The van der Waals surface area contributed by atoms with Gasteiger partial charge in [-0.1, -0.05) is 19.8 Å². The van der Waals surface area contributed by atoms with Gasteiger partial charge in [0, 0.05) is 18.8 Å². The number of rotatable bonds is 7. The average molecular weight is 379 g/mol. The fraction of sp³-hybridized carbons (Fsp3) is 0.429. The zero-order valence-electron chi connectivity index (χ0n) is 16.1. The summed E-state index contributed by atoms with van der Waals surface area (Å²) in [5.74, 6) is -0.242. The van der Waals surface area contributed by atoms with Gasteiger partial charge in [0.25, 0.3) is 11.8 Å². The standard InChI is InChI=1S/C21H25N5O2/c1-2-3-5-12-23-21(28)19-25-18(17-7-4-6-13-26(17)19)20(27)24-16-10-8-15(14-22)9-11-16/h8-11H,2-7,12-13H2,1H3,(H,23,28)(H,24,27). The smallest absolute Gasteiger partial charge is 0.287 e. The van der Waals surface area contributed by atoms with Gasteiger partial charge in [-0.05, 0) is 49.9 Å². The van der Waals surface area contributed by atoms with Crippen molar-refractivity contribution in [3.8, 4) is 6.07 Å². The first-order chi connectivity index (χ1) is 13.6. The summed E-state index contributed by atoms with van der Waals surface area (Å²) in [6.07, 6.45) is 5.76. The fourth-order valence-electron chi connectivity index (χ4n) is 3.37. The van der Waals surface area contributed by atoms with Gasteiger partial charge < -0.3 is 15.2 Å². The largest absolute Gasteiger partial charge is 0.349 e. The van der Waals surface area contributed by atoms with Crippen LogP contribution in [0.1, 0.15) is 71.4 Å². The molecule has 0 saturated heterocycles. The molecule has 1 aromatic carbocycles. The van der Waals surface area contributed by atoms with Crippen LogP contribution in [-0.4, -0.2) is 27.9 Å². The van der Waals surface area contributed by atoms with Crippen molar-refractivity contribution < 1.29 is 9.59 Å². The molecule has 1 aromatic heterocycles. The minimum atomic E-state index is -0.333. The van der Waals surface area contributed by atoms with E-state index in [4.69, 9.17) is 5.26 Å². The van der Waals surface area contributed by atoms with E-state index in [0.29, 0.717) is 35.9 Å². The van der Waals surface area contributed by atoms with Crippen molar-refractivity contribution in [1.82, 2.24) is 14.9 Å². The second-order valence-corrected chi connectivity index (χ2v) is 6.95. The molecule has 0 unspecified atom stereocenters. The van der Waals surface area contributed by atoms with Crippen LogP contribution in [0, 0.1) is 11.3 Å². The molecule has 0 spiro atoms. The number of imidazole rings is 1. The molecule has 2 amide bonds. The Morgan fingerprint density at radius 1 is 1.18 bits per heavy atom. The molecule has 7 heteroatoms. The number of nitriles is 1. The minimum Gasteiger partial charge on any atom is -0.349 e. The number of benzene rings is 1. The van der Waals surface area contributed by atoms with E-state index in [1.165, 1.54) is 0 Å². The number of amides is 2. The second-order valence-electron chi connectivity index (χ2n) is 6.95. The number of carbonyl (C=O) groups is 2. The molecule has 28 heavy (non-hydrogen) atoms. The van der Waals surface area contributed by atoms with Gasteiger partial charge in [-0.3, -0.25) is 9.59 Å².